The maximum atomic E-state index is 3.71. The van der Waals surface area contributed by atoms with E-state index in [9.17, 15) is 0 Å². The van der Waals surface area contributed by atoms with Crippen LogP contribution < -0.4 is 3.12 Å². The standard InChI is InChI=1S/C8H8Br.2BrH.Tl/c1-6-3-4-8(9)7(2)5-6;;;/h4-5H,1-2H3;2*1H;/q;;;+2/p-2. The third-order valence-electron chi connectivity index (χ3n) is 1.78. The van der Waals surface area contributed by atoms with Crippen LogP contribution >= 0.6 is 39.9 Å². The van der Waals surface area contributed by atoms with Crippen molar-refractivity contribution in [3.05, 3.63) is 27.7 Å². The molecule has 1 aromatic rings. The van der Waals surface area contributed by atoms with E-state index in [4.69, 9.17) is 0 Å². The van der Waals surface area contributed by atoms with Crippen molar-refractivity contribution in [1.29, 1.82) is 0 Å². The number of hydrogen-bond donors (Lipinski definition) is 0. The van der Waals surface area contributed by atoms with Gasteiger partial charge in [0.25, 0.3) is 0 Å². The van der Waals surface area contributed by atoms with Gasteiger partial charge in [-0.3, -0.25) is 0 Å². The SMILES string of the molecule is Cc1cc(C)[c]([Tl]([Br])[Br])cc1Br. The first-order valence-corrected chi connectivity index (χ1v) is 26.1. The maximum absolute atomic E-state index is 3.71. The predicted octanol–water partition coefficient (Wildman–Crippen LogP) is 3.55. The summed E-state index contributed by atoms with van der Waals surface area (Å²) in [6, 6.07) is 4.47. The topological polar surface area (TPSA) is 0 Å². The Kier molecular flexibility index (Phi) is 4.75. The van der Waals surface area contributed by atoms with Gasteiger partial charge in [0, 0.05) is 0 Å². The van der Waals surface area contributed by atoms with Gasteiger partial charge < -0.3 is 0 Å². The van der Waals surface area contributed by atoms with E-state index < -0.39 is 17.9 Å². The van der Waals surface area contributed by atoms with Crippen molar-refractivity contribution in [2.24, 2.45) is 0 Å². The summed E-state index contributed by atoms with van der Waals surface area (Å²) < 4.78 is 2.71. The van der Waals surface area contributed by atoms with Gasteiger partial charge in [0.05, 0.1) is 0 Å². The zero-order valence-electron chi connectivity index (χ0n) is 6.87. The number of benzene rings is 1. The van der Waals surface area contributed by atoms with Gasteiger partial charge in [0.15, 0.2) is 0 Å². The van der Waals surface area contributed by atoms with Crippen LogP contribution in [0.15, 0.2) is 16.6 Å². The van der Waals surface area contributed by atoms with Gasteiger partial charge in [-0.2, -0.15) is 0 Å². The first-order chi connectivity index (χ1) is 5.52. The molecule has 0 bridgehead atoms. The van der Waals surface area contributed by atoms with Gasteiger partial charge in [0.2, 0.25) is 0 Å². The first-order valence-electron chi connectivity index (χ1n) is 3.57. The summed E-state index contributed by atoms with van der Waals surface area (Å²) in [7, 11) is 0. The molecule has 0 nitrogen and oxygen atoms in total. The van der Waals surface area contributed by atoms with Crippen LogP contribution in [-0.4, -0.2) is 17.9 Å². The third kappa shape index (κ3) is 2.78. The van der Waals surface area contributed by atoms with Crippen molar-refractivity contribution in [3.63, 3.8) is 0 Å². The van der Waals surface area contributed by atoms with Gasteiger partial charge in [-0.1, -0.05) is 0 Å². The van der Waals surface area contributed by atoms with Crippen LogP contribution in [0.4, 0.5) is 0 Å². The van der Waals surface area contributed by atoms with Gasteiger partial charge in [0.1, 0.15) is 0 Å². The molecule has 0 saturated carbocycles. The van der Waals surface area contributed by atoms with E-state index >= 15 is 0 Å². The molecular formula is C8H8Br3Tl. The van der Waals surface area contributed by atoms with Crippen LogP contribution in [0.5, 0.6) is 0 Å². The molecule has 0 amide bonds. The minimum atomic E-state index is -1.78. The predicted molar refractivity (Wildman–Crippen MR) is 66.9 cm³/mol. The number of halogens is 3. The summed E-state index contributed by atoms with van der Waals surface area (Å²) in [5.74, 6) is 0. The molecule has 0 heterocycles. The van der Waals surface area contributed by atoms with Crippen molar-refractivity contribution < 1.29 is 0 Å². The van der Waals surface area contributed by atoms with Crippen molar-refractivity contribution in [2.45, 2.75) is 13.8 Å². The Balaban J connectivity index is 3.23. The molecule has 0 atom stereocenters. The monoisotopic (exact) mass is 546 g/mol. The fourth-order valence-electron chi connectivity index (χ4n) is 1.08. The van der Waals surface area contributed by atoms with Gasteiger partial charge in [-0.05, 0) is 0 Å². The molecule has 0 spiro atoms. The number of aryl methyl sites for hydroxylation is 2. The molecule has 0 saturated heterocycles. The van der Waals surface area contributed by atoms with Crippen LogP contribution in [0.2, 0.25) is 0 Å². The van der Waals surface area contributed by atoms with Gasteiger partial charge in [-0.15, -0.1) is 0 Å². The van der Waals surface area contributed by atoms with Crippen LogP contribution in [0.3, 0.4) is 0 Å². The van der Waals surface area contributed by atoms with Crippen LogP contribution in [0, 0.1) is 13.8 Å². The quantitative estimate of drug-likeness (QED) is 0.472. The van der Waals surface area contributed by atoms with Gasteiger partial charge in [-0.25, -0.2) is 0 Å². The Morgan fingerprint density at radius 3 is 2.17 bits per heavy atom. The molecule has 0 aliphatic carbocycles. The summed E-state index contributed by atoms with van der Waals surface area (Å²) in [6.07, 6.45) is 0. The summed E-state index contributed by atoms with van der Waals surface area (Å²) in [5, 5.41) is 0. The molecule has 12 heavy (non-hydrogen) atoms. The second-order valence-electron chi connectivity index (χ2n) is 2.76. The Hall–Kier alpha value is 1.58. The number of rotatable bonds is 1. The van der Waals surface area contributed by atoms with E-state index in [0.29, 0.717) is 0 Å². The normalized spacial score (nSPS) is 10.1. The van der Waals surface area contributed by atoms with Crippen LogP contribution in [0.1, 0.15) is 11.1 Å². The molecule has 1 aromatic carbocycles. The Labute approximate surface area is 101 Å². The van der Waals surface area contributed by atoms with Crippen LogP contribution in [-0.2, 0) is 0 Å². The van der Waals surface area contributed by atoms with Crippen molar-refractivity contribution in [1.82, 2.24) is 0 Å². The van der Waals surface area contributed by atoms with E-state index in [1.807, 2.05) is 0 Å². The fraction of sp³-hybridized carbons (Fsp3) is 0.250. The fourth-order valence-corrected chi connectivity index (χ4v) is 13.8. The molecule has 0 fully saturated rings. The molecule has 0 aromatic heterocycles. The van der Waals surface area contributed by atoms with Crippen molar-refractivity contribution >= 4 is 60.9 Å². The minimum absolute atomic E-state index is 1.21. The van der Waals surface area contributed by atoms with Crippen LogP contribution in [0.25, 0.3) is 0 Å². The number of hydrogen-bond acceptors (Lipinski definition) is 0. The molecule has 4 heteroatoms. The first kappa shape index (κ1) is 11.7. The Morgan fingerprint density at radius 2 is 1.67 bits per heavy atom. The average molecular weight is 548 g/mol. The van der Waals surface area contributed by atoms with E-state index in [0.717, 1.165) is 0 Å². The van der Waals surface area contributed by atoms with Crippen molar-refractivity contribution in [3.8, 4) is 0 Å². The molecule has 0 N–H and O–H groups in total. The van der Waals surface area contributed by atoms with Crippen molar-refractivity contribution in [2.75, 3.05) is 0 Å². The molecule has 64 valence electrons. The second-order valence-corrected chi connectivity index (χ2v) is 35.2. The summed E-state index contributed by atoms with van der Waals surface area (Å²) in [6.45, 7) is 4.29. The molecule has 1 rings (SSSR count). The average Bonchev–Trinajstić information content (AvgIpc) is 1.96. The van der Waals surface area contributed by atoms with Gasteiger partial charge >= 0.3 is 102 Å². The zero-order valence-corrected chi connectivity index (χ0v) is 16.1. The zero-order chi connectivity index (χ0) is 9.30. The Bertz CT molecular complexity index is 297. The Morgan fingerprint density at radius 1 is 1.08 bits per heavy atom. The molecule has 0 unspecified atom stereocenters. The second kappa shape index (κ2) is 4.89. The summed E-state index contributed by atoms with van der Waals surface area (Å²) >= 11 is 9.18. The molecular weight excluding hydrogens is 540 g/mol. The summed E-state index contributed by atoms with van der Waals surface area (Å²) in [5.41, 5.74) is 2.71. The van der Waals surface area contributed by atoms with E-state index in [2.05, 4.69) is 65.9 Å². The van der Waals surface area contributed by atoms with E-state index in [-0.39, 0.29) is 0 Å². The molecule has 0 aliphatic rings. The molecule has 0 radical (unpaired) electrons. The molecule has 0 aliphatic heterocycles. The van der Waals surface area contributed by atoms with E-state index in [1.54, 1.807) is 0 Å². The summed E-state index contributed by atoms with van der Waals surface area (Å²) in [4.78, 5) is 0. The van der Waals surface area contributed by atoms with E-state index in [1.165, 1.54) is 18.7 Å². The third-order valence-corrected chi connectivity index (χ3v) is 15.5.